The van der Waals surface area contributed by atoms with Gasteiger partial charge in [-0.25, -0.2) is 0 Å². The molecule has 0 radical (unpaired) electrons. The molecule has 2 aromatic heterocycles. The molecule has 3 rings (SSSR count). The van der Waals surface area contributed by atoms with Crippen LogP contribution in [0.25, 0.3) is 10.2 Å². The van der Waals surface area contributed by atoms with Crippen LogP contribution < -0.4 is 0 Å². The maximum atomic E-state index is 12.3. The summed E-state index contributed by atoms with van der Waals surface area (Å²) in [5.41, 5.74) is 0.702. The van der Waals surface area contributed by atoms with Crippen molar-refractivity contribution in [3.63, 3.8) is 0 Å². The number of piperazine rings is 1. The van der Waals surface area contributed by atoms with Gasteiger partial charge in [0.2, 0.25) is 0 Å². The molecule has 1 aliphatic rings. The zero-order valence-electron chi connectivity index (χ0n) is 10.1. The van der Waals surface area contributed by atoms with Crippen molar-refractivity contribution < 1.29 is 4.79 Å². The molecule has 0 saturated carbocycles. The molecule has 0 unspecified atom stereocenters. The number of carbonyl (C=O) groups excluding carboxylic acids is 1. The summed E-state index contributed by atoms with van der Waals surface area (Å²) in [6, 6.07) is 3.98. The number of hydrogen-bond donors (Lipinski definition) is 1. The number of hydrogen-bond acceptors (Lipinski definition) is 3. The van der Waals surface area contributed by atoms with E-state index in [9.17, 15) is 4.79 Å². The number of aromatic amines is 1. The van der Waals surface area contributed by atoms with Crippen LogP contribution >= 0.6 is 27.3 Å². The fraction of sp³-hybridized carbons (Fsp3) is 0.417. The van der Waals surface area contributed by atoms with E-state index in [-0.39, 0.29) is 5.91 Å². The Balaban J connectivity index is 1.81. The molecule has 1 amide bonds. The third kappa shape index (κ3) is 2.20. The average molecular weight is 328 g/mol. The Morgan fingerprint density at radius 3 is 2.72 bits per heavy atom. The lowest BCUT2D eigenvalue weighted by molar-refractivity contribution is 0.0659. The van der Waals surface area contributed by atoms with Crippen molar-refractivity contribution in [2.45, 2.75) is 0 Å². The first-order valence-electron chi connectivity index (χ1n) is 5.89. The number of amides is 1. The third-order valence-corrected chi connectivity index (χ3v) is 4.87. The molecule has 0 spiro atoms. The average Bonchev–Trinajstić information content (AvgIpc) is 2.86. The van der Waals surface area contributed by atoms with Gasteiger partial charge in [-0.2, -0.15) is 0 Å². The van der Waals surface area contributed by atoms with Gasteiger partial charge in [0.05, 0.1) is 3.79 Å². The Morgan fingerprint density at radius 2 is 2.06 bits per heavy atom. The lowest BCUT2D eigenvalue weighted by Gasteiger charge is -2.32. The number of H-pyrrole nitrogens is 1. The van der Waals surface area contributed by atoms with Crippen LogP contribution in [0.2, 0.25) is 0 Å². The monoisotopic (exact) mass is 327 g/mol. The molecule has 4 nitrogen and oxygen atoms in total. The summed E-state index contributed by atoms with van der Waals surface area (Å²) in [6.07, 6.45) is 0. The molecular weight excluding hydrogens is 314 g/mol. The topological polar surface area (TPSA) is 39.3 Å². The minimum atomic E-state index is 0.114. The summed E-state index contributed by atoms with van der Waals surface area (Å²) in [5.74, 6) is 0.114. The zero-order valence-corrected chi connectivity index (χ0v) is 12.5. The first-order chi connectivity index (χ1) is 8.63. The van der Waals surface area contributed by atoms with Gasteiger partial charge in [0.25, 0.3) is 5.91 Å². The van der Waals surface area contributed by atoms with Crippen LogP contribution in [0.5, 0.6) is 0 Å². The second-order valence-electron chi connectivity index (χ2n) is 4.61. The summed E-state index contributed by atoms with van der Waals surface area (Å²) in [7, 11) is 2.09. The van der Waals surface area contributed by atoms with Crippen molar-refractivity contribution in [3.05, 3.63) is 21.6 Å². The predicted octanol–water partition coefficient (Wildman–Crippen LogP) is 2.38. The molecule has 1 fully saturated rings. The molecule has 2 aromatic rings. The molecule has 0 aromatic carbocycles. The van der Waals surface area contributed by atoms with Crippen molar-refractivity contribution in [3.8, 4) is 0 Å². The maximum absolute atomic E-state index is 12.3. The Morgan fingerprint density at radius 1 is 1.33 bits per heavy atom. The van der Waals surface area contributed by atoms with Crippen LogP contribution in [-0.2, 0) is 0 Å². The van der Waals surface area contributed by atoms with Crippen molar-refractivity contribution in [2.75, 3.05) is 33.2 Å². The molecule has 18 heavy (non-hydrogen) atoms. The number of fused-ring (bicyclic) bond motifs is 1. The van der Waals surface area contributed by atoms with Gasteiger partial charge >= 0.3 is 0 Å². The van der Waals surface area contributed by atoms with Crippen molar-refractivity contribution in [1.29, 1.82) is 0 Å². The van der Waals surface area contributed by atoms with Crippen LogP contribution in [0, 0.1) is 0 Å². The number of nitrogens with zero attached hydrogens (tertiary/aromatic N) is 2. The second kappa shape index (κ2) is 4.68. The summed E-state index contributed by atoms with van der Waals surface area (Å²) < 4.78 is 1.09. The van der Waals surface area contributed by atoms with Gasteiger partial charge in [-0.15, -0.1) is 11.3 Å². The summed E-state index contributed by atoms with van der Waals surface area (Å²) in [6.45, 7) is 3.52. The van der Waals surface area contributed by atoms with Gasteiger partial charge in [0.1, 0.15) is 10.5 Å². The third-order valence-electron chi connectivity index (χ3n) is 3.30. The first kappa shape index (κ1) is 12.2. The van der Waals surface area contributed by atoms with E-state index in [4.69, 9.17) is 0 Å². The van der Waals surface area contributed by atoms with E-state index in [1.807, 2.05) is 17.0 Å². The Labute approximate surface area is 118 Å². The van der Waals surface area contributed by atoms with Crippen LogP contribution in [0.4, 0.5) is 0 Å². The highest BCUT2D eigenvalue weighted by Gasteiger charge is 2.21. The maximum Gasteiger partial charge on any atom is 0.270 e. The SMILES string of the molecule is CN1CCN(C(=O)c2cc3cc(Br)sc3[nH]2)CC1. The minimum absolute atomic E-state index is 0.114. The van der Waals surface area contributed by atoms with E-state index in [1.54, 1.807) is 11.3 Å². The normalized spacial score (nSPS) is 17.6. The first-order valence-corrected chi connectivity index (χ1v) is 7.50. The Bertz CT molecular complexity index is 552. The highest BCUT2D eigenvalue weighted by atomic mass is 79.9. The number of halogens is 1. The van der Waals surface area contributed by atoms with Gasteiger partial charge in [0.15, 0.2) is 0 Å². The lowest BCUT2D eigenvalue weighted by atomic mass is 10.3. The van der Waals surface area contributed by atoms with E-state index in [1.165, 1.54) is 0 Å². The molecule has 1 N–H and O–H groups in total. The van der Waals surface area contributed by atoms with Crippen LogP contribution in [0.1, 0.15) is 10.5 Å². The summed E-state index contributed by atoms with van der Waals surface area (Å²) in [4.78, 5) is 20.8. The summed E-state index contributed by atoms with van der Waals surface area (Å²) in [5, 5.41) is 1.10. The number of thiophene rings is 1. The van der Waals surface area contributed by atoms with E-state index < -0.39 is 0 Å². The second-order valence-corrected chi connectivity index (χ2v) is 7.04. The number of nitrogens with one attached hydrogen (secondary N) is 1. The largest absolute Gasteiger partial charge is 0.342 e. The Kier molecular flexibility index (Phi) is 3.17. The van der Waals surface area contributed by atoms with Crippen molar-refractivity contribution in [1.82, 2.24) is 14.8 Å². The molecule has 3 heterocycles. The number of rotatable bonds is 1. The number of aromatic nitrogens is 1. The van der Waals surface area contributed by atoms with Gasteiger partial charge in [-0.1, -0.05) is 0 Å². The highest BCUT2D eigenvalue weighted by molar-refractivity contribution is 9.11. The van der Waals surface area contributed by atoms with Crippen LogP contribution in [-0.4, -0.2) is 53.9 Å². The molecule has 6 heteroatoms. The van der Waals surface area contributed by atoms with Crippen molar-refractivity contribution >= 4 is 43.4 Å². The van der Waals surface area contributed by atoms with Gasteiger partial charge in [-0.3, -0.25) is 4.79 Å². The smallest absolute Gasteiger partial charge is 0.270 e. The molecule has 0 atom stereocenters. The van der Waals surface area contributed by atoms with Gasteiger partial charge in [-0.05, 0) is 35.1 Å². The molecular formula is C12H14BrN3OS. The van der Waals surface area contributed by atoms with Gasteiger partial charge in [0, 0.05) is 31.6 Å². The Hall–Kier alpha value is -0.850. The van der Waals surface area contributed by atoms with Crippen molar-refractivity contribution in [2.24, 2.45) is 0 Å². The molecule has 96 valence electrons. The fourth-order valence-corrected chi connectivity index (χ4v) is 3.70. The summed E-state index contributed by atoms with van der Waals surface area (Å²) >= 11 is 5.07. The number of carbonyl (C=O) groups is 1. The van der Waals surface area contributed by atoms with Crippen LogP contribution in [0.3, 0.4) is 0 Å². The molecule has 0 bridgehead atoms. The molecule has 0 aliphatic carbocycles. The van der Waals surface area contributed by atoms with E-state index in [2.05, 4.69) is 32.9 Å². The van der Waals surface area contributed by atoms with E-state index in [0.29, 0.717) is 5.69 Å². The van der Waals surface area contributed by atoms with Crippen LogP contribution in [0.15, 0.2) is 15.9 Å². The molecule has 1 aliphatic heterocycles. The standard InChI is InChI=1S/C12H14BrN3OS/c1-15-2-4-16(5-3-15)12(17)9-6-8-7-10(13)18-11(8)14-9/h6-7,14H,2-5H2,1H3. The fourth-order valence-electron chi connectivity index (χ4n) is 2.19. The molecule has 1 saturated heterocycles. The van der Waals surface area contributed by atoms with E-state index >= 15 is 0 Å². The zero-order chi connectivity index (χ0) is 12.7. The number of likely N-dealkylation sites (N-methyl/N-ethyl adjacent to an activating group) is 1. The predicted molar refractivity (Wildman–Crippen MR) is 77.3 cm³/mol. The van der Waals surface area contributed by atoms with E-state index in [0.717, 1.165) is 40.2 Å². The van der Waals surface area contributed by atoms with Gasteiger partial charge < -0.3 is 14.8 Å². The quantitative estimate of drug-likeness (QED) is 0.873. The lowest BCUT2D eigenvalue weighted by Crippen LogP contribution is -2.47. The minimum Gasteiger partial charge on any atom is -0.342 e. The highest BCUT2D eigenvalue weighted by Crippen LogP contribution is 2.30.